The molecule has 0 radical (unpaired) electrons. The Morgan fingerprint density at radius 2 is 1.79 bits per heavy atom. The predicted octanol–water partition coefficient (Wildman–Crippen LogP) is 2.49. The molecule has 24 heavy (non-hydrogen) atoms. The number of pyridine rings is 1. The third kappa shape index (κ3) is 2.67. The molecule has 3 aromatic rings. The maximum Gasteiger partial charge on any atom is 0.272 e. The highest BCUT2D eigenvalue weighted by Crippen LogP contribution is 2.38. The van der Waals surface area contributed by atoms with E-state index in [0.29, 0.717) is 24.6 Å². The van der Waals surface area contributed by atoms with Crippen LogP contribution in [0.2, 0.25) is 0 Å². The molecule has 1 aromatic carbocycles. The van der Waals surface area contributed by atoms with Gasteiger partial charge in [-0.15, -0.1) is 0 Å². The monoisotopic (exact) mass is 320 g/mol. The number of hydrogen-bond donors (Lipinski definition) is 0. The van der Waals surface area contributed by atoms with Crippen molar-refractivity contribution >= 4 is 5.91 Å². The summed E-state index contributed by atoms with van der Waals surface area (Å²) in [5.41, 5.74) is 1.63. The minimum Gasteiger partial charge on any atom is -0.343 e. The summed E-state index contributed by atoms with van der Waals surface area (Å²) >= 11 is 0. The second-order valence-corrected chi connectivity index (χ2v) is 5.84. The molecule has 1 fully saturated rings. The van der Waals surface area contributed by atoms with Crippen molar-refractivity contribution in [3.8, 4) is 0 Å². The van der Waals surface area contributed by atoms with Crippen LogP contribution in [0.1, 0.15) is 33.7 Å². The van der Waals surface area contributed by atoms with E-state index >= 15 is 0 Å². The Bertz CT molecular complexity index is 806. The lowest BCUT2D eigenvalue weighted by atomic mass is 9.88. The topological polar surface area (TPSA) is 72.1 Å². The van der Waals surface area contributed by atoms with Crippen molar-refractivity contribution in [2.45, 2.75) is 11.8 Å². The minimum absolute atomic E-state index is 0.0128. The van der Waals surface area contributed by atoms with Gasteiger partial charge in [-0.3, -0.25) is 9.78 Å². The molecule has 0 spiro atoms. The highest BCUT2D eigenvalue weighted by atomic mass is 16.5. The van der Waals surface area contributed by atoms with Gasteiger partial charge in [0, 0.05) is 31.1 Å². The van der Waals surface area contributed by atoms with E-state index in [1.807, 2.05) is 29.2 Å². The number of carbonyl (C=O) groups excluding carboxylic acids is 1. The first-order valence-corrected chi connectivity index (χ1v) is 7.84. The molecule has 4 rings (SSSR count). The summed E-state index contributed by atoms with van der Waals surface area (Å²) in [6.07, 6.45) is 2.97. The van der Waals surface area contributed by atoms with Gasteiger partial charge >= 0.3 is 0 Å². The van der Waals surface area contributed by atoms with Crippen LogP contribution in [0.3, 0.4) is 0 Å². The predicted molar refractivity (Wildman–Crippen MR) is 86.4 cm³/mol. The van der Waals surface area contributed by atoms with Gasteiger partial charge in [-0.2, -0.15) is 4.98 Å². The molecule has 3 heterocycles. The van der Waals surface area contributed by atoms with E-state index < -0.39 is 0 Å². The van der Waals surface area contributed by atoms with Crippen LogP contribution in [0.5, 0.6) is 0 Å². The molecule has 0 saturated carbocycles. The number of benzene rings is 1. The molecule has 0 unspecified atom stereocenters. The molecule has 2 atom stereocenters. The van der Waals surface area contributed by atoms with Crippen LogP contribution in [-0.4, -0.2) is 39.0 Å². The summed E-state index contributed by atoms with van der Waals surface area (Å²) in [5, 5.41) is 4.00. The summed E-state index contributed by atoms with van der Waals surface area (Å²) in [5.74, 6) is 0.720. The first-order valence-electron chi connectivity index (χ1n) is 7.84. The van der Waals surface area contributed by atoms with Gasteiger partial charge in [0.05, 0.1) is 0 Å². The molecule has 2 aromatic heterocycles. The van der Waals surface area contributed by atoms with Gasteiger partial charge < -0.3 is 9.42 Å². The van der Waals surface area contributed by atoms with Crippen LogP contribution in [0.4, 0.5) is 0 Å². The second-order valence-electron chi connectivity index (χ2n) is 5.84. The van der Waals surface area contributed by atoms with Gasteiger partial charge in [0.1, 0.15) is 5.69 Å². The Labute approximate surface area is 139 Å². The lowest BCUT2D eigenvalue weighted by molar-refractivity contribution is 0.0783. The number of carbonyl (C=O) groups is 1. The van der Waals surface area contributed by atoms with Crippen molar-refractivity contribution in [2.75, 3.05) is 13.1 Å². The molecule has 1 saturated heterocycles. The maximum absolute atomic E-state index is 12.7. The van der Waals surface area contributed by atoms with E-state index in [2.05, 4.69) is 27.3 Å². The molecule has 1 aliphatic heterocycles. The Morgan fingerprint density at radius 1 is 1.00 bits per heavy atom. The zero-order valence-corrected chi connectivity index (χ0v) is 12.9. The Morgan fingerprint density at radius 3 is 2.50 bits per heavy atom. The fourth-order valence-corrected chi connectivity index (χ4v) is 3.26. The standard InChI is InChI=1S/C18H16N4O2/c23-18(16-8-4-5-9-19-16)22-10-14(13-6-2-1-3-7-13)15(11-22)17-20-12-24-21-17/h1-9,12,14-15H,10-11H2/t14-,15+/m1/s1. The highest BCUT2D eigenvalue weighted by Gasteiger charge is 2.39. The third-order valence-electron chi connectivity index (χ3n) is 4.43. The largest absolute Gasteiger partial charge is 0.343 e. The summed E-state index contributed by atoms with van der Waals surface area (Å²) in [4.78, 5) is 22.9. The third-order valence-corrected chi connectivity index (χ3v) is 4.43. The molecule has 6 heteroatoms. The van der Waals surface area contributed by atoms with Gasteiger partial charge in [-0.25, -0.2) is 0 Å². The number of aromatic nitrogens is 3. The Hall–Kier alpha value is -3.02. The van der Waals surface area contributed by atoms with Crippen molar-refractivity contribution in [1.29, 1.82) is 0 Å². The second kappa shape index (κ2) is 6.23. The van der Waals surface area contributed by atoms with Crippen molar-refractivity contribution < 1.29 is 9.32 Å². The van der Waals surface area contributed by atoms with Gasteiger partial charge in [0.2, 0.25) is 6.39 Å². The van der Waals surface area contributed by atoms with Crippen LogP contribution >= 0.6 is 0 Å². The molecular weight excluding hydrogens is 304 g/mol. The molecule has 0 aliphatic carbocycles. The average molecular weight is 320 g/mol. The Balaban J connectivity index is 1.64. The van der Waals surface area contributed by atoms with Gasteiger partial charge in [-0.1, -0.05) is 41.6 Å². The zero-order valence-electron chi connectivity index (χ0n) is 12.9. The van der Waals surface area contributed by atoms with Crippen molar-refractivity contribution in [3.63, 3.8) is 0 Å². The quantitative estimate of drug-likeness (QED) is 0.741. The van der Waals surface area contributed by atoms with Gasteiger partial charge in [0.25, 0.3) is 5.91 Å². The van der Waals surface area contributed by atoms with Crippen LogP contribution in [-0.2, 0) is 0 Å². The normalized spacial score (nSPS) is 20.2. The smallest absolute Gasteiger partial charge is 0.272 e. The van der Waals surface area contributed by atoms with Gasteiger partial charge in [0.15, 0.2) is 5.82 Å². The summed E-state index contributed by atoms with van der Waals surface area (Å²) in [6, 6.07) is 15.5. The Kier molecular flexibility index (Phi) is 3.78. The molecule has 6 nitrogen and oxygen atoms in total. The summed E-state index contributed by atoms with van der Waals surface area (Å²) < 4.78 is 4.91. The molecular formula is C18H16N4O2. The number of hydrogen-bond acceptors (Lipinski definition) is 5. The van der Waals surface area contributed by atoms with E-state index in [0.717, 1.165) is 0 Å². The SMILES string of the molecule is O=C(c1ccccn1)N1C[C@H](c2ccccc2)[C@@H](c2ncon2)C1. The fraction of sp³-hybridized carbons (Fsp3) is 0.222. The number of nitrogens with zero attached hydrogens (tertiary/aromatic N) is 4. The molecule has 0 bridgehead atoms. The van der Waals surface area contributed by atoms with Crippen molar-refractivity contribution in [1.82, 2.24) is 20.0 Å². The van der Waals surface area contributed by atoms with Crippen molar-refractivity contribution in [3.05, 3.63) is 78.2 Å². The van der Waals surface area contributed by atoms with Gasteiger partial charge in [-0.05, 0) is 17.7 Å². The average Bonchev–Trinajstić information content (AvgIpc) is 3.32. The number of rotatable bonds is 3. The minimum atomic E-state index is -0.0671. The van der Waals surface area contributed by atoms with E-state index in [9.17, 15) is 4.79 Å². The lowest BCUT2D eigenvalue weighted by Gasteiger charge is -2.16. The number of likely N-dealkylation sites (tertiary alicyclic amines) is 1. The van der Waals surface area contributed by atoms with E-state index in [4.69, 9.17) is 4.52 Å². The van der Waals surface area contributed by atoms with Crippen molar-refractivity contribution in [2.24, 2.45) is 0 Å². The number of amides is 1. The van der Waals surface area contributed by atoms with E-state index in [1.165, 1.54) is 12.0 Å². The van der Waals surface area contributed by atoms with Crippen LogP contribution in [0, 0.1) is 0 Å². The molecule has 120 valence electrons. The summed E-state index contributed by atoms with van der Waals surface area (Å²) in [6.45, 7) is 1.16. The summed E-state index contributed by atoms with van der Waals surface area (Å²) in [7, 11) is 0. The fourth-order valence-electron chi connectivity index (χ4n) is 3.26. The first-order chi connectivity index (χ1) is 11.8. The molecule has 1 amide bonds. The van der Waals surface area contributed by atoms with E-state index in [1.54, 1.807) is 18.3 Å². The molecule has 1 aliphatic rings. The van der Waals surface area contributed by atoms with Crippen LogP contribution in [0.25, 0.3) is 0 Å². The highest BCUT2D eigenvalue weighted by molar-refractivity contribution is 5.92. The van der Waals surface area contributed by atoms with Crippen LogP contribution < -0.4 is 0 Å². The molecule has 0 N–H and O–H groups in total. The maximum atomic E-state index is 12.7. The first kappa shape index (κ1) is 14.6. The lowest BCUT2D eigenvalue weighted by Crippen LogP contribution is -2.29. The zero-order chi connectivity index (χ0) is 16.4. The van der Waals surface area contributed by atoms with Crippen LogP contribution in [0.15, 0.2) is 65.6 Å². The van der Waals surface area contributed by atoms with E-state index in [-0.39, 0.29) is 17.7 Å².